The quantitative estimate of drug-likeness (QED) is 0.754. The molecule has 0 saturated carbocycles. The molecule has 3 aromatic heterocycles. The highest BCUT2D eigenvalue weighted by Gasteiger charge is 2.23. The van der Waals surface area contributed by atoms with Crippen molar-refractivity contribution in [3.8, 4) is 10.4 Å². The summed E-state index contributed by atoms with van der Waals surface area (Å²) < 4.78 is 0. The Morgan fingerprint density at radius 2 is 2.25 bits per heavy atom. The van der Waals surface area contributed by atoms with Crippen LogP contribution in [0.25, 0.3) is 20.7 Å². The van der Waals surface area contributed by atoms with Crippen LogP contribution in [0.3, 0.4) is 0 Å². The summed E-state index contributed by atoms with van der Waals surface area (Å²) >= 11 is 3.30. The van der Waals surface area contributed by atoms with Crippen LogP contribution in [-0.2, 0) is 6.54 Å². The Hall–Kier alpha value is -1.50. The number of H-pyrrole nitrogens is 1. The number of hydrogen-bond acceptors (Lipinski definition) is 4. The molecule has 3 aromatic rings. The van der Waals surface area contributed by atoms with Crippen molar-refractivity contribution in [3.05, 3.63) is 38.6 Å². The molecule has 0 amide bonds. The predicted molar refractivity (Wildman–Crippen MR) is 101 cm³/mol. The highest BCUT2D eigenvalue weighted by molar-refractivity contribution is 7.19. The number of piperidine rings is 1. The number of aromatic nitrogens is 2. The summed E-state index contributed by atoms with van der Waals surface area (Å²) in [4.78, 5) is 25.3. The third-order valence-corrected chi connectivity index (χ3v) is 6.88. The Balaban J connectivity index is 1.70. The van der Waals surface area contributed by atoms with E-state index in [1.54, 1.807) is 22.7 Å². The van der Waals surface area contributed by atoms with E-state index >= 15 is 0 Å². The van der Waals surface area contributed by atoms with Crippen LogP contribution in [0.2, 0.25) is 0 Å². The zero-order chi connectivity index (χ0) is 16.7. The molecule has 4 rings (SSSR count). The van der Waals surface area contributed by atoms with Gasteiger partial charge in [-0.05, 0) is 45.2 Å². The molecule has 4 heterocycles. The lowest BCUT2D eigenvalue weighted by molar-refractivity contribution is -0.942. The van der Waals surface area contributed by atoms with Crippen LogP contribution >= 0.6 is 22.7 Å². The molecular formula is C18H22N3OS2+. The van der Waals surface area contributed by atoms with Gasteiger partial charge in [0.2, 0.25) is 0 Å². The van der Waals surface area contributed by atoms with Gasteiger partial charge in [-0.1, -0.05) is 0 Å². The van der Waals surface area contributed by atoms with Gasteiger partial charge in [-0.2, -0.15) is 0 Å². The molecule has 1 aliphatic rings. The zero-order valence-corrected chi connectivity index (χ0v) is 15.6. The summed E-state index contributed by atoms with van der Waals surface area (Å²) in [5.74, 6) is 0.826. The van der Waals surface area contributed by atoms with E-state index in [1.807, 2.05) is 0 Å². The number of rotatable bonds is 3. The van der Waals surface area contributed by atoms with Gasteiger partial charge in [0.05, 0.1) is 18.0 Å². The molecule has 1 saturated heterocycles. The van der Waals surface area contributed by atoms with Crippen molar-refractivity contribution < 1.29 is 4.90 Å². The van der Waals surface area contributed by atoms with Crippen LogP contribution in [0.15, 0.2) is 22.3 Å². The Kier molecular flexibility index (Phi) is 4.28. The maximum atomic E-state index is 12.7. The number of fused-ring (bicyclic) bond motifs is 1. The molecule has 126 valence electrons. The molecule has 4 nitrogen and oxygen atoms in total. The van der Waals surface area contributed by atoms with Crippen molar-refractivity contribution in [2.24, 2.45) is 0 Å². The normalized spacial score (nSPS) is 21.4. The van der Waals surface area contributed by atoms with Crippen LogP contribution in [0.1, 0.15) is 36.9 Å². The summed E-state index contributed by atoms with van der Waals surface area (Å²) in [7, 11) is 0. The van der Waals surface area contributed by atoms with Crippen LogP contribution in [0.5, 0.6) is 0 Å². The fourth-order valence-corrected chi connectivity index (χ4v) is 5.49. The molecule has 1 aliphatic heterocycles. The van der Waals surface area contributed by atoms with Gasteiger partial charge in [-0.25, -0.2) is 4.98 Å². The van der Waals surface area contributed by atoms with Crippen LogP contribution < -0.4 is 10.5 Å². The van der Waals surface area contributed by atoms with Crippen molar-refractivity contribution in [3.63, 3.8) is 0 Å². The van der Waals surface area contributed by atoms with Crippen LogP contribution in [0.4, 0.5) is 0 Å². The van der Waals surface area contributed by atoms with Gasteiger partial charge in [0.1, 0.15) is 11.4 Å². The van der Waals surface area contributed by atoms with Gasteiger partial charge in [-0.15, -0.1) is 22.7 Å². The molecule has 0 aliphatic carbocycles. The Bertz CT molecular complexity index is 924. The monoisotopic (exact) mass is 360 g/mol. The highest BCUT2D eigenvalue weighted by atomic mass is 32.1. The molecule has 6 heteroatoms. The number of likely N-dealkylation sites (tertiary alicyclic amines) is 1. The molecule has 1 unspecified atom stereocenters. The first-order valence-corrected chi connectivity index (χ1v) is 10.2. The first-order valence-electron chi connectivity index (χ1n) is 8.53. The van der Waals surface area contributed by atoms with Crippen molar-refractivity contribution in [1.82, 2.24) is 9.97 Å². The molecule has 0 radical (unpaired) electrons. The molecule has 2 N–H and O–H groups in total. The third kappa shape index (κ3) is 2.94. The van der Waals surface area contributed by atoms with Crippen molar-refractivity contribution >= 4 is 32.9 Å². The van der Waals surface area contributed by atoms with Crippen LogP contribution in [0, 0.1) is 6.92 Å². The molecule has 0 spiro atoms. The number of aryl methyl sites for hydroxylation is 1. The number of thiophene rings is 2. The minimum Gasteiger partial charge on any atom is -0.326 e. The smallest absolute Gasteiger partial charge is 0.260 e. The van der Waals surface area contributed by atoms with E-state index in [0.717, 1.165) is 33.0 Å². The first-order chi connectivity index (χ1) is 11.6. The van der Waals surface area contributed by atoms with E-state index in [0.29, 0.717) is 6.04 Å². The average molecular weight is 361 g/mol. The van der Waals surface area contributed by atoms with Crippen molar-refractivity contribution in [2.45, 2.75) is 45.7 Å². The van der Waals surface area contributed by atoms with E-state index in [-0.39, 0.29) is 5.56 Å². The second-order valence-corrected chi connectivity index (χ2v) is 8.88. The topological polar surface area (TPSA) is 50.2 Å². The Morgan fingerprint density at radius 3 is 3.00 bits per heavy atom. The van der Waals surface area contributed by atoms with E-state index in [9.17, 15) is 4.79 Å². The number of aromatic amines is 1. The largest absolute Gasteiger partial charge is 0.326 e. The van der Waals surface area contributed by atoms with Gasteiger partial charge in [-0.3, -0.25) is 4.79 Å². The van der Waals surface area contributed by atoms with E-state index in [1.165, 1.54) is 35.6 Å². The zero-order valence-electron chi connectivity index (χ0n) is 14.0. The fraction of sp³-hybridized carbons (Fsp3) is 0.444. The van der Waals surface area contributed by atoms with Gasteiger partial charge < -0.3 is 9.88 Å². The Morgan fingerprint density at radius 1 is 1.38 bits per heavy atom. The van der Waals surface area contributed by atoms with Crippen LogP contribution in [-0.4, -0.2) is 22.6 Å². The number of quaternary nitrogens is 1. The number of nitrogens with zero attached hydrogens (tertiary/aromatic N) is 1. The SMILES string of the molecule is Cc1ccc(-c2csc3nc(C[NH+]4CCCC[C@@H]4C)[nH]c(=O)c23)s1. The Labute approximate surface area is 149 Å². The minimum atomic E-state index is 0.00126. The fourth-order valence-electron chi connectivity index (χ4n) is 3.57. The summed E-state index contributed by atoms with van der Waals surface area (Å²) in [5, 5.41) is 2.81. The summed E-state index contributed by atoms with van der Waals surface area (Å²) in [6, 6.07) is 4.84. The van der Waals surface area contributed by atoms with E-state index in [4.69, 9.17) is 4.98 Å². The molecule has 0 aromatic carbocycles. The molecule has 0 bridgehead atoms. The number of hydrogen-bond donors (Lipinski definition) is 2. The standard InChI is InChI=1S/C18H21N3OS2/c1-11-5-3-4-8-21(11)9-15-19-17(22)16-13(10-23-18(16)20-15)14-7-6-12(2)24-14/h6-7,10-11H,3-5,8-9H2,1-2H3,(H,19,20,22)/p+1/t11-/m0/s1. The van der Waals surface area contributed by atoms with Crippen molar-refractivity contribution in [2.75, 3.05) is 6.54 Å². The number of nitrogens with one attached hydrogen (secondary N) is 2. The van der Waals surface area contributed by atoms with E-state index in [2.05, 4.69) is 36.3 Å². The maximum absolute atomic E-state index is 12.7. The average Bonchev–Trinajstić information content (AvgIpc) is 3.16. The van der Waals surface area contributed by atoms with Gasteiger partial charge in [0, 0.05) is 20.7 Å². The lowest BCUT2D eigenvalue weighted by Gasteiger charge is -2.29. The predicted octanol–water partition coefficient (Wildman–Crippen LogP) is 2.98. The molecule has 1 fully saturated rings. The molecular weight excluding hydrogens is 338 g/mol. The lowest BCUT2D eigenvalue weighted by atomic mass is 10.0. The second-order valence-electron chi connectivity index (χ2n) is 6.73. The van der Waals surface area contributed by atoms with Gasteiger partial charge in [0.25, 0.3) is 5.56 Å². The summed E-state index contributed by atoms with van der Waals surface area (Å²) in [5.41, 5.74) is 1.02. The van der Waals surface area contributed by atoms with E-state index < -0.39 is 0 Å². The van der Waals surface area contributed by atoms with Gasteiger partial charge in [0.15, 0.2) is 5.82 Å². The molecule has 24 heavy (non-hydrogen) atoms. The third-order valence-electron chi connectivity index (χ3n) is 4.98. The minimum absolute atomic E-state index is 0.00126. The highest BCUT2D eigenvalue weighted by Crippen LogP contribution is 2.34. The second kappa shape index (κ2) is 6.43. The maximum Gasteiger partial charge on any atom is 0.260 e. The first kappa shape index (κ1) is 16.0. The van der Waals surface area contributed by atoms with Crippen molar-refractivity contribution in [1.29, 1.82) is 0 Å². The lowest BCUT2D eigenvalue weighted by Crippen LogP contribution is -3.15. The summed E-state index contributed by atoms with van der Waals surface area (Å²) in [6.45, 7) is 6.38. The summed E-state index contributed by atoms with van der Waals surface area (Å²) in [6.07, 6.45) is 3.86. The molecule has 2 atom stereocenters. The van der Waals surface area contributed by atoms with Gasteiger partial charge >= 0.3 is 0 Å².